The molecule has 0 radical (unpaired) electrons. The highest BCUT2D eigenvalue weighted by Gasteiger charge is 2.02. The summed E-state index contributed by atoms with van der Waals surface area (Å²) in [6, 6.07) is 5.94. The Morgan fingerprint density at radius 3 is 2.81 bits per heavy atom. The fourth-order valence-corrected chi connectivity index (χ4v) is 1.35. The van der Waals surface area contributed by atoms with Crippen LogP contribution in [0.15, 0.2) is 30.5 Å². The molecule has 1 aromatic heterocycles. The first-order valence-corrected chi connectivity index (χ1v) is 4.83. The van der Waals surface area contributed by atoms with Gasteiger partial charge in [-0.15, -0.1) is 0 Å². The maximum Gasteiger partial charge on any atom is 0.221 e. The molecule has 0 unspecified atom stereocenters. The fourth-order valence-electron chi connectivity index (χ4n) is 1.17. The molecule has 82 valence electrons. The van der Waals surface area contributed by atoms with Crippen LogP contribution in [0, 0.1) is 5.82 Å². The number of nitrogen functional groups attached to an aromatic ring is 1. The number of halogens is 2. The van der Waals surface area contributed by atoms with Crippen LogP contribution in [-0.2, 0) is 0 Å². The highest BCUT2D eigenvalue weighted by molar-refractivity contribution is 6.31. The quantitative estimate of drug-likeness (QED) is 0.844. The molecule has 0 aliphatic rings. The summed E-state index contributed by atoms with van der Waals surface area (Å²) in [5, 5.41) is 2.98. The molecule has 0 aliphatic carbocycles. The summed E-state index contributed by atoms with van der Waals surface area (Å²) in [4.78, 5) is 7.69. The van der Waals surface area contributed by atoms with Crippen LogP contribution in [0.2, 0.25) is 5.02 Å². The third-order valence-corrected chi connectivity index (χ3v) is 2.16. The third-order valence-electron chi connectivity index (χ3n) is 1.87. The number of aromatic nitrogens is 2. The van der Waals surface area contributed by atoms with Crippen molar-refractivity contribution in [2.75, 3.05) is 11.1 Å². The summed E-state index contributed by atoms with van der Waals surface area (Å²) in [7, 11) is 0. The van der Waals surface area contributed by atoms with E-state index < -0.39 is 5.82 Å². The Hall–Kier alpha value is -1.88. The molecule has 0 fully saturated rings. The van der Waals surface area contributed by atoms with Crippen molar-refractivity contribution in [1.29, 1.82) is 0 Å². The third kappa shape index (κ3) is 2.38. The lowest BCUT2D eigenvalue weighted by atomic mass is 10.3. The van der Waals surface area contributed by atoms with Crippen molar-refractivity contribution in [3.8, 4) is 0 Å². The van der Waals surface area contributed by atoms with Crippen LogP contribution in [-0.4, -0.2) is 9.97 Å². The van der Waals surface area contributed by atoms with Gasteiger partial charge in [-0.1, -0.05) is 11.6 Å². The van der Waals surface area contributed by atoms with E-state index in [0.29, 0.717) is 11.5 Å². The molecule has 2 rings (SSSR count). The second kappa shape index (κ2) is 4.32. The largest absolute Gasteiger partial charge is 0.368 e. The van der Waals surface area contributed by atoms with Crippen molar-refractivity contribution in [1.82, 2.24) is 9.97 Å². The van der Waals surface area contributed by atoms with E-state index in [2.05, 4.69) is 15.3 Å². The summed E-state index contributed by atoms with van der Waals surface area (Å²) in [5.74, 6) is 0.225. The van der Waals surface area contributed by atoms with Gasteiger partial charge in [0, 0.05) is 11.9 Å². The molecule has 4 nitrogen and oxygen atoms in total. The first kappa shape index (κ1) is 10.6. The highest BCUT2D eigenvalue weighted by Crippen LogP contribution is 2.21. The monoisotopic (exact) mass is 238 g/mol. The standard InChI is InChI=1S/C10H8ClFN4/c11-7-5-6(1-2-8(7)12)15-9-3-4-14-10(13)16-9/h1-5H,(H3,13,14,15,16). The molecular formula is C10H8ClFN4. The Bertz CT molecular complexity index is 518. The summed E-state index contributed by atoms with van der Waals surface area (Å²) in [6.45, 7) is 0. The molecule has 1 aromatic carbocycles. The maximum absolute atomic E-state index is 12.9. The van der Waals surface area contributed by atoms with E-state index >= 15 is 0 Å². The van der Waals surface area contributed by atoms with Crippen molar-refractivity contribution in [3.63, 3.8) is 0 Å². The first-order chi connectivity index (χ1) is 7.65. The molecule has 0 atom stereocenters. The number of benzene rings is 1. The van der Waals surface area contributed by atoms with Gasteiger partial charge in [-0.2, -0.15) is 4.98 Å². The number of nitrogens with one attached hydrogen (secondary N) is 1. The van der Waals surface area contributed by atoms with Crippen molar-refractivity contribution < 1.29 is 4.39 Å². The van der Waals surface area contributed by atoms with E-state index in [-0.39, 0.29) is 11.0 Å². The summed E-state index contributed by atoms with van der Waals surface area (Å²) in [5.41, 5.74) is 6.05. The smallest absolute Gasteiger partial charge is 0.221 e. The van der Waals surface area contributed by atoms with Crippen LogP contribution in [0.1, 0.15) is 0 Å². The van der Waals surface area contributed by atoms with E-state index in [4.69, 9.17) is 17.3 Å². The van der Waals surface area contributed by atoms with E-state index in [1.807, 2.05) is 0 Å². The summed E-state index contributed by atoms with van der Waals surface area (Å²) in [6.07, 6.45) is 1.52. The molecule has 0 saturated carbocycles. The van der Waals surface area contributed by atoms with E-state index in [0.717, 1.165) is 0 Å². The Balaban J connectivity index is 2.24. The average molecular weight is 239 g/mol. The number of nitrogens with zero attached hydrogens (tertiary/aromatic N) is 2. The number of rotatable bonds is 2. The maximum atomic E-state index is 12.9. The fraction of sp³-hybridized carbons (Fsp3) is 0. The minimum absolute atomic E-state index is 0.0482. The second-order valence-corrected chi connectivity index (χ2v) is 3.46. The molecular weight excluding hydrogens is 231 g/mol. The number of nitrogens with two attached hydrogens (primary N) is 1. The van der Waals surface area contributed by atoms with Gasteiger partial charge in [0.25, 0.3) is 0 Å². The first-order valence-electron chi connectivity index (χ1n) is 4.46. The molecule has 16 heavy (non-hydrogen) atoms. The number of hydrogen-bond donors (Lipinski definition) is 2. The highest BCUT2D eigenvalue weighted by atomic mass is 35.5. The number of hydrogen-bond acceptors (Lipinski definition) is 4. The van der Waals surface area contributed by atoms with Crippen LogP contribution in [0.4, 0.5) is 21.8 Å². The summed E-state index contributed by atoms with van der Waals surface area (Å²) < 4.78 is 12.9. The van der Waals surface area contributed by atoms with Crippen LogP contribution >= 0.6 is 11.6 Å². The molecule has 0 saturated heterocycles. The van der Waals surface area contributed by atoms with Gasteiger partial charge in [-0.05, 0) is 24.3 Å². The molecule has 0 bridgehead atoms. The predicted molar refractivity (Wildman–Crippen MR) is 61.1 cm³/mol. The van der Waals surface area contributed by atoms with Crippen molar-refractivity contribution in [3.05, 3.63) is 41.3 Å². The van der Waals surface area contributed by atoms with E-state index in [9.17, 15) is 4.39 Å². The molecule has 0 amide bonds. The predicted octanol–water partition coefficient (Wildman–Crippen LogP) is 2.59. The van der Waals surface area contributed by atoms with Gasteiger partial charge in [0.2, 0.25) is 5.95 Å². The van der Waals surface area contributed by atoms with Crippen molar-refractivity contribution in [2.24, 2.45) is 0 Å². The molecule has 1 heterocycles. The topological polar surface area (TPSA) is 63.8 Å². The van der Waals surface area contributed by atoms with Crippen LogP contribution in [0.3, 0.4) is 0 Å². The van der Waals surface area contributed by atoms with Gasteiger partial charge in [0.15, 0.2) is 0 Å². The Morgan fingerprint density at radius 1 is 1.31 bits per heavy atom. The molecule has 3 N–H and O–H groups in total. The molecule has 6 heteroatoms. The van der Waals surface area contributed by atoms with Gasteiger partial charge in [-0.25, -0.2) is 9.37 Å². The van der Waals surface area contributed by atoms with Crippen molar-refractivity contribution >= 4 is 29.1 Å². The Labute approximate surface area is 96.3 Å². The lowest BCUT2D eigenvalue weighted by Gasteiger charge is -2.06. The van der Waals surface area contributed by atoms with Gasteiger partial charge >= 0.3 is 0 Å². The lowest BCUT2D eigenvalue weighted by Crippen LogP contribution is -1.99. The van der Waals surface area contributed by atoms with Gasteiger partial charge in [-0.3, -0.25) is 0 Å². The van der Waals surface area contributed by atoms with Gasteiger partial charge < -0.3 is 11.1 Å². The minimum Gasteiger partial charge on any atom is -0.368 e. The zero-order valence-corrected chi connectivity index (χ0v) is 8.87. The Kier molecular flexibility index (Phi) is 2.87. The SMILES string of the molecule is Nc1nccc(Nc2ccc(F)c(Cl)c2)n1. The molecule has 0 spiro atoms. The van der Waals surface area contributed by atoms with E-state index in [1.54, 1.807) is 12.1 Å². The zero-order valence-electron chi connectivity index (χ0n) is 8.11. The van der Waals surface area contributed by atoms with Gasteiger partial charge in [0.1, 0.15) is 11.6 Å². The second-order valence-electron chi connectivity index (χ2n) is 3.05. The number of anilines is 3. The minimum atomic E-state index is -0.464. The summed E-state index contributed by atoms with van der Waals surface area (Å²) >= 11 is 5.64. The van der Waals surface area contributed by atoms with Crippen LogP contribution in [0.25, 0.3) is 0 Å². The van der Waals surface area contributed by atoms with Crippen LogP contribution in [0.5, 0.6) is 0 Å². The molecule has 0 aliphatic heterocycles. The molecule has 2 aromatic rings. The van der Waals surface area contributed by atoms with Gasteiger partial charge in [0.05, 0.1) is 5.02 Å². The lowest BCUT2D eigenvalue weighted by molar-refractivity contribution is 0.628. The zero-order chi connectivity index (χ0) is 11.5. The van der Waals surface area contributed by atoms with Crippen LogP contribution < -0.4 is 11.1 Å². The Morgan fingerprint density at radius 2 is 2.12 bits per heavy atom. The van der Waals surface area contributed by atoms with E-state index in [1.165, 1.54) is 18.3 Å². The average Bonchev–Trinajstić information content (AvgIpc) is 2.24. The normalized spacial score (nSPS) is 10.1. The van der Waals surface area contributed by atoms with Crippen molar-refractivity contribution in [2.45, 2.75) is 0 Å².